The number of carbonyl (C=O) groups is 1. The number of halogens is 1. The quantitative estimate of drug-likeness (QED) is 0.428. The summed E-state index contributed by atoms with van der Waals surface area (Å²) in [7, 11) is 1.64. The van der Waals surface area contributed by atoms with Gasteiger partial charge in [0.15, 0.2) is 0 Å². The fourth-order valence-corrected chi connectivity index (χ4v) is 3.77. The molecule has 7 nitrogen and oxygen atoms in total. The molecule has 164 valence electrons. The van der Waals surface area contributed by atoms with Crippen molar-refractivity contribution in [3.05, 3.63) is 107 Å². The number of aromatic nitrogens is 3. The molecule has 1 aliphatic heterocycles. The van der Waals surface area contributed by atoms with E-state index in [1.165, 1.54) is 0 Å². The largest absolute Gasteiger partial charge is 0.497 e. The minimum Gasteiger partial charge on any atom is -0.497 e. The highest BCUT2D eigenvalue weighted by Gasteiger charge is 2.26. The lowest BCUT2D eigenvalue weighted by molar-refractivity contribution is 0.102. The minimum atomic E-state index is -0.313. The second kappa shape index (κ2) is 8.80. The van der Waals surface area contributed by atoms with Gasteiger partial charge >= 0.3 is 0 Å². The number of ether oxygens (including phenoxy) is 1. The van der Waals surface area contributed by atoms with E-state index in [0.29, 0.717) is 16.5 Å². The van der Waals surface area contributed by atoms with Crippen LogP contribution in [0.25, 0.3) is 5.70 Å². The summed E-state index contributed by atoms with van der Waals surface area (Å²) in [5, 5.41) is 11.2. The van der Waals surface area contributed by atoms with Crippen molar-refractivity contribution >= 4 is 35.1 Å². The molecule has 1 amide bonds. The summed E-state index contributed by atoms with van der Waals surface area (Å²) in [6.07, 6.45) is 2.09. The van der Waals surface area contributed by atoms with Crippen molar-refractivity contribution in [2.75, 3.05) is 17.7 Å². The van der Waals surface area contributed by atoms with Gasteiger partial charge in [0, 0.05) is 16.3 Å². The molecular weight excluding hydrogens is 438 g/mol. The number of hydrogen-bond donors (Lipinski definition) is 2. The number of amides is 1. The molecule has 5 rings (SSSR count). The van der Waals surface area contributed by atoms with Crippen LogP contribution in [0.15, 0.2) is 84.9 Å². The molecule has 0 spiro atoms. The van der Waals surface area contributed by atoms with E-state index in [4.69, 9.17) is 16.3 Å². The number of nitrogens with zero attached hydrogens (tertiary/aromatic N) is 3. The van der Waals surface area contributed by atoms with E-state index in [1.54, 1.807) is 36.1 Å². The maximum absolute atomic E-state index is 12.7. The monoisotopic (exact) mass is 457 g/mol. The summed E-state index contributed by atoms with van der Waals surface area (Å²) in [5.41, 5.74) is 3.41. The van der Waals surface area contributed by atoms with Gasteiger partial charge in [0.05, 0.1) is 7.11 Å². The summed E-state index contributed by atoms with van der Waals surface area (Å²) in [4.78, 5) is 17.2. The van der Waals surface area contributed by atoms with Crippen molar-refractivity contribution in [3.63, 3.8) is 0 Å². The molecule has 0 radical (unpaired) electrons. The average molecular weight is 458 g/mol. The molecule has 8 heteroatoms. The Labute approximate surface area is 195 Å². The number of nitrogens with one attached hydrogen (secondary N) is 2. The number of fused-ring (bicyclic) bond motifs is 1. The molecule has 1 aromatic heterocycles. The number of anilines is 2. The minimum absolute atomic E-state index is 0.207. The Balaban J connectivity index is 1.49. The maximum Gasteiger partial charge on any atom is 0.258 e. The zero-order chi connectivity index (χ0) is 22.8. The van der Waals surface area contributed by atoms with Gasteiger partial charge in [-0.05, 0) is 53.6 Å². The highest BCUT2D eigenvalue weighted by molar-refractivity contribution is 6.30. The van der Waals surface area contributed by atoms with Gasteiger partial charge in [-0.1, -0.05) is 54.1 Å². The van der Waals surface area contributed by atoms with Crippen LogP contribution in [0.2, 0.25) is 5.02 Å². The molecule has 0 aliphatic carbocycles. The SMILES string of the molecule is COc1ccc([C@@H]2C=C(c3ccccc3)Nc3nc(NC(=O)c4ccc(Cl)cc4)nn32)cc1. The van der Waals surface area contributed by atoms with Crippen molar-refractivity contribution in [2.24, 2.45) is 0 Å². The molecule has 0 bridgehead atoms. The van der Waals surface area contributed by atoms with Crippen LogP contribution >= 0.6 is 11.6 Å². The van der Waals surface area contributed by atoms with Gasteiger partial charge in [0.1, 0.15) is 11.8 Å². The zero-order valence-corrected chi connectivity index (χ0v) is 18.5. The fourth-order valence-electron chi connectivity index (χ4n) is 3.65. The highest BCUT2D eigenvalue weighted by atomic mass is 35.5. The number of benzene rings is 3. The van der Waals surface area contributed by atoms with Gasteiger partial charge in [-0.15, -0.1) is 5.10 Å². The Morgan fingerprint density at radius 2 is 1.76 bits per heavy atom. The smallest absolute Gasteiger partial charge is 0.258 e. The molecule has 4 aromatic rings. The van der Waals surface area contributed by atoms with E-state index < -0.39 is 0 Å². The van der Waals surface area contributed by atoms with Gasteiger partial charge < -0.3 is 10.1 Å². The van der Waals surface area contributed by atoms with Gasteiger partial charge in [-0.2, -0.15) is 4.98 Å². The average Bonchev–Trinajstić information content (AvgIpc) is 3.26. The first-order valence-corrected chi connectivity index (χ1v) is 10.7. The van der Waals surface area contributed by atoms with E-state index in [-0.39, 0.29) is 17.9 Å². The maximum atomic E-state index is 12.7. The van der Waals surface area contributed by atoms with Crippen molar-refractivity contribution in [1.29, 1.82) is 0 Å². The van der Waals surface area contributed by atoms with Gasteiger partial charge in [0.25, 0.3) is 11.9 Å². The van der Waals surface area contributed by atoms with Gasteiger partial charge in [-0.25, -0.2) is 4.68 Å². The predicted octanol–water partition coefficient (Wildman–Crippen LogP) is 5.25. The van der Waals surface area contributed by atoms with Crippen LogP contribution in [-0.2, 0) is 0 Å². The third-order valence-electron chi connectivity index (χ3n) is 5.34. The molecule has 0 fully saturated rings. The predicted molar refractivity (Wildman–Crippen MR) is 129 cm³/mol. The Morgan fingerprint density at radius 3 is 2.45 bits per heavy atom. The van der Waals surface area contributed by atoms with Gasteiger partial charge in [-0.3, -0.25) is 10.1 Å². The van der Waals surface area contributed by atoms with Crippen LogP contribution in [0.3, 0.4) is 0 Å². The Morgan fingerprint density at radius 1 is 1.03 bits per heavy atom. The van der Waals surface area contributed by atoms with Crippen molar-refractivity contribution < 1.29 is 9.53 Å². The molecule has 0 saturated carbocycles. The lowest BCUT2D eigenvalue weighted by Crippen LogP contribution is -2.20. The summed E-state index contributed by atoms with van der Waals surface area (Å²) >= 11 is 5.92. The zero-order valence-electron chi connectivity index (χ0n) is 17.7. The lowest BCUT2D eigenvalue weighted by atomic mass is 10.0. The van der Waals surface area contributed by atoms with Crippen molar-refractivity contribution in [3.8, 4) is 5.75 Å². The number of rotatable bonds is 5. The van der Waals surface area contributed by atoms with Crippen LogP contribution in [0.4, 0.5) is 11.9 Å². The number of allylic oxidation sites excluding steroid dienone is 1. The third-order valence-corrected chi connectivity index (χ3v) is 5.59. The van der Waals surface area contributed by atoms with Crippen molar-refractivity contribution in [2.45, 2.75) is 6.04 Å². The van der Waals surface area contributed by atoms with Crippen LogP contribution in [0.1, 0.15) is 27.5 Å². The molecule has 2 heterocycles. The van der Waals surface area contributed by atoms with E-state index in [9.17, 15) is 4.79 Å². The first-order chi connectivity index (χ1) is 16.1. The van der Waals surface area contributed by atoms with Gasteiger partial charge in [0.2, 0.25) is 5.95 Å². The molecule has 1 atom stereocenters. The number of hydrogen-bond acceptors (Lipinski definition) is 5. The van der Waals surface area contributed by atoms with Crippen LogP contribution in [0, 0.1) is 0 Å². The Bertz CT molecular complexity index is 1320. The fraction of sp³-hybridized carbons (Fsp3) is 0.0800. The summed E-state index contributed by atoms with van der Waals surface area (Å²) in [6, 6.07) is 24.2. The molecule has 2 N–H and O–H groups in total. The Hall–Kier alpha value is -4.10. The molecule has 3 aromatic carbocycles. The van der Waals surface area contributed by atoms with E-state index in [1.807, 2.05) is 54.6 Å². The number of carbonyl (C=O) groups excluding carboxylic acids is 1. The molecule has 0 unspecified atom stereocenters. The van der Waals surface area contributed by atoms with Crippen molar-refractivity contribution in [1.82, 2.24) is 14.8 Å². The van der Waals surface area contributed by atoms with E-state index in [0.717, 1.165) is 22.6 Å². The normalized spacial score (nSPS) is 14.6. The molecule has 33 heavy (non-hydrogen) atoms. The standard InChI is InChI=1S/C25H20ClN5O2/c1-33-20-13-9-17(10-14-20)22-15-21(16-5-3-2-4-6-16)27-25-29-24(30-31(22)25)28-23(32)18-7-11-19(26)12-8-18/h2-15,22H,1H3,(H2,27,28,29,30,32)/t22-/m0/s1. The topological polar surface area (TPSA) is 81.1 Å². The van der Waals surface area contributed by atoms with E-state index >= 15 is 0 Å². The third kappa shape index (κ3) is 4.31. The van der Waals surface area contributed by atoms with Crippen LogP contribution in [-0.4, -0.2) is 27.8 Å². The second-order valence-corrected chi connectivity index (χ2v) is 7.89. The molecule has 1 aliphatic rings. The summed E-state index contributed by atoms with van der Waals surface area (Å²) in [5.74, 6) is 1.20. The first kappa shape index (κ1) is 20.8. The lowest BCUT2D eigenvalue weighted by Gasteiger charge is -2.24. The summed E-state index contributed by atoms with van der Waals surface area (Å²) in [6.45, 7) is 0. The first-order valence-electron chi connectivity index (χ1n) is 10.3. The van der Waals surface area contributed by atoms with Crippen LogP contribution < -0.4 is 15.4 Å². The Kier molecular flexibility index (Phi) is 5.54. The molecular formula is C25H20ClN5O2. The summed E-state index contributed by atoms with van der Waals surface area (Å²) < 4.78 is 7.05. The van der Waals surface area contributed by atoms with E-state index in [2.05, 4.69) is 26.8 Å². The van der Waals surface area contributed by atoms with Crippen LogP contribution in [0.5, 0.6) is 5.75 Å². The highest BCUT2D eigenvalue weighted by Crippen LogP contribution is 2.33. The number of methoxy groups -OCH3 is 1. The molecule has 0 saturated heterocycles. The second-order valence-electron chi connectivity index (χ2n) is 7.45.